The highest BCUT2D eigenvalue weighted by molar-refractivity contribution is 4.90. The molecular formula is C14H28O. The molecule has 0 aromatic carbocycles. The molecule has 0 bridgehead atoms. The van der Waals surface area contributed by atoms with Crippen molar-refractivity contribution >= 4 is 0 Å². The monoisotopic (exact) mass is 212 g/mol. The van der Waals surface area contributed by atoms with Crippen molar-refractivity contribution in [2.45, 2.75) is 60.3 Å². The highest BCUT2D eigenvalue weighted by Crippen LogP contribution is 2.48. The zero-order chi connectivity index (χ0) is 11.7. The Morgan fingerprint density at radius 1 is 1.20 bits per heavy atom. The molecule has 1 fully saturated rings. The number of hydrogen-bond donors (Lipinski definition) is 1. The van der Waals surface area contributed by atoms with E-state index < -0.39 is 0 Å². The van der Waals surface area contributed by atoms with Crippen LogP contribution in [-0.4, -0.2) is 11.7 Å². The predicted octanol–water partition coefficient (Wildman–Crippen LogP) is 3.86. The van der Waals surface area contributed by atoms with Crippen LogP contribution in [0.15, 0.2) is 0 Å². The molecule has 0 aliphatic heterocycles. The van der Waals surface area contributed by atoms with Gasteiger partial charge in [-0.1, -0.05) is 34.6 Å². The van der Waals surface area contributed by atoms with E-state index in [1.807, 2.05) is 0 Å². The fourth-order valence-electron chi connectivity index (χ4n) is 2.98. The molecule has 0 radical (unpaired) electrons. The summed E-state index contributed by atoms with van der Waals surface area (Å²) in [5.74, 6) is 1.46. The maximum atomic E-state index is 9.60. The Balaban J connectivity index is 2.61. The second-order valence-corrected chi connectivity index (χ2v) is 6.82. The van der Waals surface area contributed by atoms with Gasteiger partial charge in [0.2, 0.25) is 0 Å². The molecule has 15 heavy (non-hydrogen) atoms. The largest absolute Gasteiger partial charge is 0.396 e. The van der Waals surface area contributed by atoms with Crippen LogP contribution >= 0.6 is 0 Å². The topological polar surface area (TPSA) is 20.2 Å². The van der Waals surface area contributed by atoms with E-state index in [-0.39, 0.29) is 5.41 Å². The lowest BCUT2D eigenvalue weighted by Gasteiger charge is -2.45. The number of rotatable bonds is 2. The van der Waals surface area contributed by atoms with Gasteiger partial charge in [0.1, 0.15) is 0 Å². The minimum atomic E-state index is 0.224. The van der Waals surface area contributed by atoms with E-state index in [0.717, 1.165) is 5.92 Å². The third-order valence-electron chi connectivity index (χ3n) is 4.75. The van der Waals surface area contributed by atoms with Gasteiger partial charge in [0.05, 0.1) is 0 Å². The third kappa shape index (κ3) is 2.75. The van der Waals surface area contributed by atoms with Crippen LogP contribution in [0.5, 0.6) is 0 Å². The maximum absolute atomic E-state index is 9.60. The molecule has 0 aromatic rings. The molecule has 1 rings (SSSR count). The number of aliphatic hydroxyl groups is 1. The van der Waals surface area contributed by atoms with Gasteiger partial charge in [-0.25, -0.2) is 0 Å². The van der Waals surface area contributed by atoms with Crippen LogP contribution in [0, 0.1) is 22.7 Å². The minimum Gasteiger partial charge on any atom is -0.396 e. The fraction of sp³-hybridized carbons (Fsp3) is 1.00. The number of aliphatic hydroxyl groups excluding tert-OH is 1. The molecule has 1 N–H and O–H groups in total. The summed E-state index contributed by atoms with van der Waals surface area (Å²) in [6, 6.07) is 0. The average Bonchev–Trinajstić information content (AvgIpc) is 2.16. The average molecular weight is 212 g/mol. The van der Waals surface area contributed by atoms with Gasteiger partial charge >= 0.3 is 0 Å². The minimum absolute atomic E-state index is 0.224. The lowest BCUT2D eigenvalue weighted by atomic mass is 9.61. The van der Waals surface area contributed by atoms with Gasteiger partial charge in [0, 0.05) is 6.61 Å². The van der Waals surface area contributed by atoms with E-state index >= 15 is 0 Å². The third-order valence-corrected chi connectivity index (χ3v) is 4.75. The molecular weight excluding hydrogens is 184 g/mol. The molecule has 0 saturated heterocycles. The van der Waals surface area contributed by atoms with E-state index in [4.69, 9.17) is 0 Å². The second kappa shape index (κ2) is 4.45. The van der Waals surface area contributed by atoms with Crippen LogP contribution < -0.4 is 0 Å². The normalized spacial score (nSPS) is 33.4. The van der Waals surface area contributed by atoms with Crippen molar-refractivity contribution in [2.24, 2.45) is 22.7 Å². The molecule has 1 aliphatic carbocycles. The Morgan fingerprint density at radius 3 is 1.93 bits per heavy atom. The molecule has 0 unspecified atom stereocenters. The first-order valence-corrected chi connectivity index (χ1v) is 6.43. The van der Waals surface area contributed by atoms with Gasteiger partial charge in [0.15, 0.2) is 0 Å². The Hall–Kier alpha value is -0.0400. The summed E-state index contributed by atoms with van der Waals surface area (Å²) >= 11 is 0. The lowest BCUT2D eigenvalue weighted by molar-refractivity contribution is 0.00260. The van der Waals surface area contributed by atoms with Gasteiger partial charge in [-0.15, -0.1) is 0 Å². The first kappa shape index (κ1) is 13.0. The first-order chi connectivity index (χ1) is 6.82. The SMILES string of the molecule is CC(C)C1(CO)CCC(C(C)(C)C)CC1. The summed E-state index contributed by atoms with van der Waals surface area (Å²) in [4.78, 5) is 0. The molecule has 0 aromatic heterocycles. The van der Waals surface area contributed by atoms with Crippen molar-refractivity contribution in [3.63, 3.8) is 0 Å². The van der Waals surface area contributed by atoms with E-state index in [2.05, 4.69) is 34.6 Å². The Kier molecular flexibility index (Phi) is 3.86. The molecule has 1 aliphatic rings. The van der Waals surface area contributed by atoms with E-state index in [0.29, 0.717) is 17.9 Å². The highest BCUT2D eigenvalue weighted by Gasteiger charge is 2.40. The van der Waals surface area contributed by atoms with Gasteiger partial charge in [0.25, 0.3) is 0 Å². The Labute approximate surface area is 95.3 Å². The van der Waals surface area contributed by atoms with Crippen molar-refractivity contribution in [1.82, 2.24) is 0 Å². The van der Waals surface area contributed by atoms with Crippen molar-refractivity contribution in [3.05, 3.63) is 0 Å². The van der Waals surface area contributed by atoms with Gasteiger partial charge in [-0.2, -0.15) is 0 Å². The van der Waals surface area contributed by atoms with Crippen LogP contribution in [0.4, 0.5) is 0 Å². The summed E-state index contributed by atoms with van der Waals surface area (Å²) < 4.78 is 0. The quantitative estimate of drug-likeness (QED) is 0.737. The van der Waals surface area contributed by atoms with Crippen molar-refractivity contribution < 1.29 is 5.11 Å². The van der Waals surface area contributed by atoms with Crippen LogP contribution in [0.3, 0.4) is 0 Å². The predicted molar refractivity (Wildman–Crippen MR) is 65.8 cm³/mol. The zero-order valence-corrected chi connectivity index (χ0v) is 11.1. The van der Waals surface area contributed by atoms with Gasteiger partial charge in [-0.05, 0) is 48.3 Å². The molecule has 1 nitrogen and oxygen atoms in total. The standard InChI is InChI=1S/C14H28O/c1-11(2)14(10-15)8-6-12(7-9-14)13(3,4)5/h11-12,15H,6-10H2,1-5H3. The molecule has 90 valence electrons. The Bertz CT molecular complexity index is 192. The molecule has 0 spiro atoms. The van der Waals surface area contributed by atoms with Gasteiger partial charge < -0.3 is 5.11 Å². The lowest BCUT2D eigenvalue weighted by Crippen LogP contribution is -2.38. The van der Waals surface area contributed by atoms with Crippen molar-refractivity contribution in [1.29, 1.82) is 0 Å². The fourth-order valence-corrected chi connectivity index (χ4v) is 2.98. The molecule has 1 heteroatoms. The summed E-state index contributed by atoms with van der Waals surface area (Å²) in [6.07, 6.45) is 5.01. The molecule has 0 atom stereocenters. The van der Waals surface area contributed by atoms with Crippen LogP contribution in [-0.2, 0) is 0 Å². The van der Waals surface area contributed by atoms with E-state index in [1.165, 1.54) is 25.7 Å². The zero-order valence-electron chi connectivity index (χ0n) is 11.1. The molecule has 0 heterocycles. The van der Waals surface area contributed by atoms with Crippen LogP contribution in [0.2, 0.25) is 0 Å². The summed E-state index contributed by atoms with van der Waals surface area (Å²) in [6.45, 7) is 11.9. The molecule has 1 saturated carbocycles. The smallest absolute Gasteiger partial charge is 0.0489 e. The van der Waals surface area contributed by atoms with Crippen LogP contribution in [0.1, 0.15) is 60.3 Å². The summed E-state index contributed by atoms with van der Waals surface area (Å²) in [7, 11) is 0. The maximum Gasteiger partial charge on any atom is 0.0489 e. The van der Waals surface area contributed by atoms with Crippen molar-refractivity contribution in [3.8, 4) is 0 Å². The summed E-state index contributed by atoms with van der Waals surface area (Å²) in [5.41, 5.74) is 0.667. The Morgan fingerprint density at radius 2 is 1.67 bits per heavy atom. The number of hydrogen-bond acceptors (Lipinski definition) is 1. The van der Waals surface area contributed by atoms with Crippen molar-refractivity contribution in [2.75, 3.05) is 6.61 Å². The summed E-state index contributed by atoms with van der Waals surface area (Å²) in [5, 5.41) is 9.60. The van der Waals surface area contributed by atoms with Gasteiger partial charge in [-0.3, -0.25) is 0 Å². The second-order valence-electron chi connectivity index (χ2n) is 6.82. The first-order valence-electron chi connectivity index (χ1n) is 6.43. The van der Waals surface area contributed by atoms with E-state index in [9.17, 15) is 5.11 Å². The highest BCUT2D eigenvalue weighted by atomic mass is 16.3. The van der Waals surface area contributed by atoms with Crippen LogP contribution in [0.25, 0.3) is 0 Å². The van der Waals surface area contributed by atoms with E-state index in [1.54, 1.807) is 0 Å². The molecule has 0 amide bonds.